The average molecular weight is 676 g/mol. The average Bonchev–Trinajstić information content (AvgIpc) is 3.06. The number of rotatable bonds is 16. The summed E-state index contributed by atoms with van der Waals surface area (Å²) in [6.07, 6.45) is 0.980. The number of halogens is 1. The van der Waals surface area contributed by atoms with Crippen molar-refractivity contribution < 1.29 is 37.0 Å². The molecule has 0 spiro atoms. The van der Waals surface area contributed by atoms with E-state index in [0.29, 0.717) is 17.9 Å². The highest BCUT2D eigenvalue weighted by Crippen LogP contribution is 2.37. The first-order valence-electron chi connectivity index (χ1n) is 14.7. The van der Waals surface area contributed by atoms with Gasteiger partial charge in [-0.1, -0.05) is 37.6 Å². The highest BCUT2D eigenvalue weighted by Gasteiger charge is 2.35. The SMILES string of the molecule is CCC(C)NC(=O)C(CC)N(Cc1ccc(OC)cc1)C(=O)CN(c1cc(Cl)ccc1OC)S(=O)(=O)c1ccc(OC)c(OC)c1. The minimum Gasteiger partial charge on any atom is -0.497 e. The van der Waals surface area contributed by atoms with Gasteiger partial charge >= 0.3 is 0 Å². The summed E-state index contributed by atoms with van der Waals surface area (Å²) in [7, 11) is 1.31. The van der Waals surface area contributed by atoms with E-state index in [2.05, 4.69) is 5.32 Å². The number of benzene rings is 3. The van der Waals surface area contributed by atoms with Crippen molar-refractivity contribution in [2.75, 3.05) is 39.3 Å². The molecule has 0 aliphatic rings. The molecule has 0 saturated heterocycles. The molecular weight excluding hydrogens is 634 g/mol. The van der Waals surface area contributed by atoms with E-state index in [1.54, 1.807) is 44.4 Å². The Morgan fingerprint density at radius 3 is 2.02 bits per heavy atom. The van der Waals surface area contributed by atoms with Crippen molar-refractivity contribution in [1.29, 1.82) is 0 Å². The number of carbonyl (C=O) groups is 2. The topological polar surface area (TPSA) is 124 Å². The molecule has 0 aliphatic heterocycles. The normalized spacial score (nSPS) is 12.4. The maximum Gasteiger partial charge on any atom is 0.265 e. The fraction of sp³-hybridized carbons (Fsp3) is 0.394. The number of ether oxygens (including phenoxy) is 4. The number of nitrogens with zero attached hydrogens (tertiary/aromatic N) is 2. The first-order chi connectivity index (χ1) is 21.9. The largest absolute Gasteiger partial charge is 0.497 e. The molecule has 0 aromatic heterocycles. The lowest BCUT2D eigenvalue weighted by Crippen LogP contribution is -2.53. The Morgan fingerprint density at radius 1 is 0.826 bits per heavy atom. The summed E-state index contributed by atoms with van der Waals surface area (Å²) >= 11 is 6.34. The summed E-state index contributed by atoms with van der Waals surface area (Å²) in [4.78, 5) is 29.1. The number of carbonyl (C=O) groups excluding carboxylic acids is 2. The van der Waals surface area contributed by atoms with Crippen molar-refractivity contribution in [3.63, 3.8) is 0 Å². The number of nitrogens with one attached hydrogen (secondary N) is 1. The summed E-state index contributed by atoms with van der Waals surface area (Å²) < 4.78 is 51.1. The van der Waals surface area contributed by atoms with Crippen LogP contribution in [0.25, 0.3) is 0 Å². The molecule has 2 unspecified atom stereocenters. The molecule has 3 aromatic rings. The van der Waals surface area contributed by atoms with Crippen molar-refractivity contribution in [3.8, 4) is 23.0 Å². The van der Waals surface area contributed by atoms with Gasteiger partial charge in [-0.05, 0) is 67.8 Å². The summed E-state index contributed by atoms with van der Waals surface area (Å²) in [5.41, 5.74) is 0.762. The molecule has 0 aliphatic carbocycles. The minimum absolute atomic E-state index is 0.0339. The van der Waals surface area contributed by atoms with Crippen molar-refractivity contribution >= 4 is 39.1 Å². The van der Waals surface area contributed by atoms with Gasteiger partial charge in [-0.2, -0.15) is 0 Å². The molecule has 1 N–H and O–H groups in total. The standard InChI is InChI=1S/C33H42ClN3O8S/c1-8-22(3)35-33(39)27(9-2)36(20-23-10-13-25(42-4)14-11-23)32(38)21-37(28-18-24(34)12-16-29(28)43-5)46(40,41)26-15-17-30(44-6)31(19-26)45-7/h10-19,22,27H,8-9,20-21H2,1-7H3,(H,35,39). The monoisotopic (exact) mass is 675 g/mol. The smallest absolute Gasteiger partial charge is 0.265 e. The van der Waals surface area contributed by atoms with Gasteiger partial charge in [-0.15, -0.1) is 0 Å². The lowest BCUT2D eigenvalue weighted by Gasteiger charge is -2.34. The summed E-state index contributed by atoms with van der Waals surface area (Å²) in [6.45, 7) is 4.99. The second-order valence-corrected chi connectivity index (χ2v) is 12.8. The highest BCUT2D eigenvalue weighted by atomic mass is 35.5. The van der Waals surface area contributed by atoms with Crippen LogP contribution in [0, 0.1) is 0 Å². The number of methoxy groups -OCH3 is 4. The van der Waals surface area contributed by atoms with Gasteiger partial charge in [0.2, 0.25) is 11.8 Å². The molecule has 0 saturated carbocycles. The van der Waals surface area contributed by atoms with Crippen molar-refractivity contribution in [1.82, 2.24) is 10.2 Å². The van der Waals surface area contributed by atoms with Crippen molar-refractivity contribution in [2.24, 2.45) is 0 Å². The first kappa shape index (κ1) is 36.3. The second-order valence-electron chi connectivity index (χ2n) is 10.5. The predicted octanol–water partition coefficient (Wildman–Crippen LogP) is 5.29. The van der Waals surface area contributed by atoms with E-state index < -0.39 is 28.5 Å². The third kappa shape index (κ3) is 8.55. The third-order valence-electron chi connectivity index (χ3n) is 7.53. The van der Waals surface area contributed by atoms with Gasteiger partial charge in [0, 0.05) is 23.7 Å². The van der Waals surface area contributed by atoms with Crippen LogP contribution in [0.5, 0.6) is 23.0 Å². The Bertz CT molecular complexity index is 1600. The first-order valence-corrected chi connectivity index (χ1v) is 16.6. The van der Waals surface area contributed by atoms with Crippen molar-refractivity contribution in [2.45, 2.75) is 57.1 Å². The van der Waals surface area contributed by atoms with Crippen LogP contribution >= 0.6 is 11.6 Å². The Hall–Kier alpha value is -4.16. The molecular formula is C33H42ClN3O8S. The van der Waals surface area contributed by atoms with Gasteiger partial charge in [0.1, 0.15) is 24.1 Å². The Morgan fingerprint density at radius 2 is 1.46 bits per heavy atom. The molecule has 0 bridgehead atoms. The summed E-state index contributed by atoms with van der Waals surface area (Å²) in [5, 5.41) is 3.19. The van der Waals surface area contributed by atoms with E-state index in [0.717, 1.165) is 9.87 Å². The fourth-order valence-corrected chi connectivity index (χ4v) is 6.36. The third-order valence-corrected chi connectivity index (χ3v) is 9.52. The number of sulfonamides is 1. The zero-order valence-corrected chi connectivity index (χ0v) is 28.8. The quantitative estimate of drug-likeness (QED) is 0.217. The van der Waals surface area contributed by atoms with Crippen molar-refractivity contribution in [3.05, 3.63) is 71.2 Å². The van der Waals surface area contributed by atoms with Crippen LogP contribution in [-0.4, -0.2) is 72.2 Å². The predicted molar refractivity (Wildman–Crippen MR) is 178 cm³/mol. The summed E-state index contributed by atoms with van der Waals surface area (Å²) in [5.74, 6) is 0.351. The zero-order chi connectivity index (χ0) is 34.0. The molecule has 3 rings (SSSR count). The molecule has 0 radical (unpaired) electrons. The van der Waals surface area contributed by atoms with Gasteiger partial charge in [0.05, 0.1) is 39.0 Å². The van der Waals surface area contributed by atoms with Gasteiger partial charge in [-0.25, -0.2) is 8.42 Å². The molecule has 13 heteroatoms. The molecule has 0 fully saturated rings. The van der Waals surface area contributed by atoms with Crippen LogP contribution in [0.3, 0.4) is 0 Å². The molecule has 250 valence electrons. The molecule has 46 heavy (non-hydrogen) atoms. The minimum atomic E-state index is -4.45. The Kier molecular flexibility index (Phi) is 13.0. The van der Waals surface area contributed by atoms with Crippen LogP contribution in [0.2, 0.25) is 5.02 Å². The molecule has 2 amide bonds. The number of amides is 2. The number of hydrogen-bond acceptors (Lipinski definition) is 8. The van der Waals surface area contributed by atoms with E-state index in [1.807, 2.05) is 13.8 Å². The summed E-state index contributed by atoms with van der Waals surface area (Å²) in [6, 6.07) is 14.7. The molecule has 3 aromatic carbocycles. The van der Waals surface area contributed by atoms with Crippen LogP contribution in [0.1, 0.15) is 39.2 Å². The van der Waals surface area contributed by atoms with E-state index in [-0.39, 0.29) is 52.0 Å². The molecule has 11 nitrogen and oxygen atoms in total. The Balaban J connectivity index is 2.17. The lowest BCUT2D eigenvalue weighted by atomic mass is 10.1. The zero-order valence-electron chi connectivity index (χ0n) is 27.2. The number of anilines is 1. The van der Waals surface area contributed by atoms with Gasteiger partial charge in [-0.3, -0.25) is 13.9 Å². The van der Waals surface area contributed by atoms with Gasteiger partial charge in [0.15, 0.2) is 11.5 Å². The van der Waals surface area contributed by atoms with Crippen LogP contribution in [0.4, 0.5) is 5.69 Å². The highest BCUT2D eigenvalue weighted by molar-refractivity contribution is 7.92. The Labute approximate surface area is 276 Å². The number of hydrogen-bond donors (Lipinski definition) is 1. The second kappa shape index (κ2) is 16.4. The van der Waals surface area contributed by atoms with Gasteiger partial charge < -0.3 is 29.2 Å². The van der Waals surface area contributed by atoms with E-state index in [9.17, 15) is 18.0 Å². The maximum absolute atomic E-state index is 14.4. The fourth-order valence-electron chi connectivity index (χ4n) is 4.76. The lowest BCUT2D eigenvalue weighted by molar-refractivity contribution is -0.140. The van der Waals surface area contributed by atoms with Gasteiger partial charge in [0.25, 0.3) is 10.0 Å². The van der Waals surface area contributed by atoms with E-state index >= 15 is 0 Å². The van der Waals surface area contributed by atoms with E-state index in [1.165, 1.54) is 56.6 Å². The van der Waals surface area contributed by atoms with Crippen LogP contribution in [0.15, 0.2) is 65.6 Å². The van der Waals surface area contributed by atoms with E-state index in [4.69, 9.17) is 30.5 Å². The molecule has 2 atom stereocenters. The van der Waals surface area contributed by atoms with Crippen LogP contribution in [-0.2, 0) is 26.2 Å². The molecule has 0 heterocycles. The van der Waals surface area contributed by atoms with Crippen LogP contribution < -0.4 is 28.6 Å². The maximum atomic E-state index is 14.4.